The zero-order valence-corrected chi connectivity index (χ0v) is 22.0. The number of nitrogens with two attached hydrogens (primary N) is 1. The van der Waals surface area contributed by atoms with Crippen LogP contribution in [0.1, 0.15) is 78.3 Å². The first-order chi connectivity index (χ1) is 16.4. The van der Waals surface area contributed by atoms with E-state index in [1.54, 1.807) is 34.6 Å². The Morgan fingerprint density at radius 3 is 2.22 bits per heavy atom. The van der Waals surface area contributed by atoms with Crippen LogP contribution in [0.25, 0.3) is 11.3 Å². The number of hydrogen-bond acceptors (Lipinski definition) is 5. The van der Waals surface area contributed by atoms with Crippen molar-refractivity contribution in [3.8, 4) is 11.3 Å². The Kier molecular flexibility index (Phi) is 9.56. The molecule has 0 saturated carbocycles. The summed E-state index contributed by atoms with van der Waals surface area (Å²) >= 11 is 0. The van der Waals surface area contributed by atoms with E-state index in [-0.39, 0.29) is 25.2 Å². The second-order valence-electron chi connectivity index (χ2n) is 10.0. The van der Waals surface area contributed by atoms with Crippen LogP contribution in [0.3, 0.4) is 0 Å². The van der Waals surface area contributed by atoms with Crippen molar-refractivity contribution in [1.82, 2.24) is 9.88 Å². The van der Waals surface area contributed by atoms with E-state index >= 15 is 0 Å². The third kappa shape index (κ3) is 6.06. The fraction of sp³-hybridized carbons (Fsp3) is 0.556. The van der Waals surface area contributed by atoms with Gasteiger partial charge in [0.05, 0.1) is 23.5 Å². The fourth-order valence-electron chi connectivity index (χ4n) is 4.00. The largest absolute Gasteiger partial charge is 0.444 e. The van der Waals surface area contributed by atoms with Crippen molar-refractivity contribution < 1.29 is 32.2 Å². The molecule has 37 heavy (non-hydrogen) atoms. The molecule has 3 rings (SSSR count). The highest BCUT2D eigenvalue weighted by Gasteiger charge is 2.56. The maximum Gasteiger partial charge on any atom is 0.424 e. The lowest BCUT2D eigenvalue weighted by Gasteiger charge is -2.34. The molecule has 0 bridgehead atoms. The average Bonchev–Trinajstić information content (AvgIpc) is 3.04. The van der Waals surface area contributed by atoms with Crippen LogP contribution in [0.4, 0.5) is 22.4 Å². The summed E-state index contributed by atoms with van der Waals surface area (Å²) in [6, 6.07) is 5.18. The summed E-state index contributed by atoms with van der Waals surface area (Å²) in [7, 11) is 0. The van der Waals surface area contributed by atoms with Crippen LogP contribution in [-0.4, -0.2) is 39.4 Å². The summed E-state index contributed by atoms with van der Waals surface area (Å²) in [4.78, 5) is 18.5. The van der Waals surface area contributed by atoms with E-state index in [0.29, 0.717) is 16.7 Å². The molecule has 6 nitrogen and oxygen atoms in total. The lowest BCUT2D eigenvalue weighted by molar-refractivity contribution is -0.263. The number of halogens is 4. The monoisotopic (exact) mass is 529 g/mol. The Balaban J connectivity index is 0.00000223. The van der Waals surface area contributed by atoms with Crippen LogP contribution in [0.15, 0.2) is 24.3 Å². The second-order valence-corrected chi connectivity index (χ2v) is 10.0. The van der Waals surface area contributed by atoms with Crippen molar-refractivity contribution in [3.05, 3.63) is 52.5 Å². The highest BCUT2D eigenvalue weighted by atomic mass is 19.4. The number of amides is 1. The summed E-state index contributed by atoms with van der Waals surface area (Å²) in [5.41, 5.74) is 0.924. The molecule has 208 valence electrons. The maximum absolute atomic E-state index is 13.9. The lowest BCUT2D eigenvalue weighted by Crippen LogP contribution is -2.49. The maximum atomic E-state index is 13.9. The minimum absolute atomic E-state index is 0. The lowest BCUT2D eigenvalue weighted by atomic mass is 9.87. The van der Waals surface area contributed by atoms with Crippen molar-refractivity contribution in [2.45, 2.75) is 92.3 Å². The summed E-state index contributed by atoms with van der Waals surface area (Å²) in [6.07, 6.45) is -5.76. The van der Waals surface area contributed by atoms with Crippen molar-refractivity contribution in [2.24, 2.45) is 5.73 Å². The van der Waals surface area contributed by atoms with Crippen molar-refractivity contribution >= 4 is 6.09 Å². The molecule has 1 amide bonds. The molecular weight excluding hydrogens is 490 g/mol. The van der Waals surface area contributed by atoms with E-state index in [4.69, 9.17) is 10.5 Å². The third-order valence-electron chi connectivity index (χ3n) is 6.01. The number of carbonyl (C=O) groups excluding carboxylic acids is 1. The Bertz CT molecular complexity index is 1130. The van der Waals surface area contributed by atoms with Gasteiger partial charge in [-0.1, -0.05) is 21.3 Å². The van der Waals surface area contributed by atoms with Crippen LogP contribution in [0.5, 0.6) is 0 Å². The number of rotatable bonds is 3. The van der Waals surface area contributed by atoms with Gasteiger partial charge in [0, 0.05) is 17.7 Å². The van der Waals surface area contributed by atoms with Crippen molar-refractivity contribution in [1.29, 1.82) is 0 Å². The first kappa shape index (κ1) is 32.3. The van der Waals surface area contributed by atoms with E-state index in [2.05, 4.69) is 4.98 Å². The first-order valence-corrected chi connectivity index (χ1v) is 11.7. The second kappa shape index (κ2) is 10.9. The molecule has 0 radical (unpaired) electrons. The van der Waals surface area contributed by atoms with Gasteiger partial charge in [0.15, 0.2) is 0 Å². The topological polar surface area (TPSA) is 88.7 Å². The molecule has 2 heterocycles. The number of nitrogens with zero attached hydrogens (tertiary/aromatic N) is 2. The number of aryl methyl sites for hydroxylation is 1. The minimum Gasteiger partial charge on any atom is -0.444 e. The van der Waals surface area contributed by atoms with Crippen LogP contribution in [-0.2, 0) is 22.4 Å². The number of hydrogen-bond donors (Lipinski definition) is 2. The zero-order valence-electron chi connectivity index (χ0n) is 22.0. The Morgan fingerprint density at radius 1 is 1.19 bits per heavy atom. The predicted octanol–water partition coefficient (Wildman–Crippen LogP) is 6.55. The van der Waals surface area contributed by atoms with Gasteiger partial charge in [0.25, 0.3) is 0 Å². The molecular formula is C27H39F4N3O3. The average molecular weight is 530 g/mol. The van der Waals surface area contributed by atoms with Crippen molar-refractivity contribution in [2.75, 3.05) is 6.54 Å². The number of benzene rings is 1. The van der Waals surface area contributed by atoms with Crippen LogP contribution in [0, 0.1) is 12.7 Å². The highest BCUT2D eigenvalue weighted by Crippen LogP contribution is 2.46. The number of aromatic nitrogens is 1. The molecule has 1 atom stereocenters. The van der Waals surface area contributed by atoms with Gasteiger partial charge in [-0.15, -0.1) is 0 Å². The number of ether oxygens (including phenoxy) is 1. The Labute approximate surface area is 216 Å². The minimum atomic E-state index is -5.10. The third-order valence-corrected chi connectivity index (χ3v) is 6.01. The molecule has 1 unspecified atom stereocenters. The van der Waals surface area contributed by atoms with Gasteiger partial charge in [-0.3, -0.25) is 4.90 Å². The predicted molar refractivity (Wildman–Crippen MR) is 136 cm³/mol. The molecule has 0 fully saturated rings. The molecule has 1 aliphatic heterocycles. The van der Waals surface area contributed by atoms with E-state index in [9.17, 15) is 27.5 Å². The normalized spacial score (nSPS) is 16.1. The molecule has 0 spiro atoms. The van der Waals surface area contributed by atoms with E-state index < -0.39 is 47.1 Å². The van der Waals surface area contributed by atoms with Gasteiger partial charge in [-0.2, -0.15) is 13.2 Å². The smallest absolute Gasteiger partial charge is 0.424 e. The molecule has 1 aliphatic rings. The Morgan fingerprint density at radius 2 is 1.76 bits per heavy atom. The molecule has 2 aromatic rings. The zero-order chi connectivity index (χ0) is 27.9. The number of aliphatic hydroxyl groups is 1. The molecule has 3 N–H and O–H groups in total. The molecule has 10 heteroatoms. The Hall–Kier alpha value is -2.72. The molecule has 0 aliphatic carbocycles. The SMILES string of the molecule is C.CC.Cc1cc(-c2nc(C(O)(CN)C(F)(F)F)cc3c2CN(C(=O)OC(C)(C)C)C3(C)C)ccc1F. The van der Waals surface area contributed by atoms with Crippen LogP contribution in [0.2, 0.25) is 0 Å². The highest BCUT2D eigenvalue weighted by molar-refractivity contribution is 5.75. The molecule has 0 saturated heterocycles. The number of pyridine rings is 1. The fourth-order valence-corrected chi connectivity index (χ4v) is 4.00. The van der Waals surface area contributed by atoms with E-state index in [1.165, 1.54) is 30.0 Å². The van der Waals surface area contributed by atoms with Crippen LogP contribution >= 0.6 is 0 Å². The van der Waals surface area contributed by atoms with Gasteiger partial charge < -0.3 is 15.6 Å². The number of alkyl halides is 3. The summed E-state index contributed by atoms with van der Waals surface area (Å²) < 4.78 is 61.0. The quantitative estimate of drug-likeness (QED) is 0.440. The summed E-state index contributed by atoms with van der Waals surface area (Å²) in [5, 5.41) is 10.5. The summed E-state index contributed by atoms with van der Waals surface area (Å²) in [6.45, 7) is 12.8. The van der Waals surface area contributed by atoms with Gasteiger partial charge in [-0.25, -0.2) is 14.2 Å². The first-order valence-electron chi connectivity index (χ1n) is 11.7. The van der Waals surface area contributed by atoms with Gasteiger partial charge in [-0.05, 0) is 76.9 Å². The van der Waals surface area contributed by atoms with E-state index in [1.807, 2.05) is 13.8 Å². The van der Waals surface area contributed by atoms with E-state index in [0.717, 1.165) is 6.07 Å². The number of carbonyl (C=O) groups is 1. The standard InChI is InChI=1S/C24H29F4N3O3.C2H6.CH4/c1-13-9-14(7-8-17(13)25)19-15-11-31(20(32)34-21(2,3)4)22(5,6)16(15)10-18(30-19)23(33,12-29)24(26,27)28;1-2;/h7-10,33H,11-12,29H2,1-6H3;1-2H3;1H4. The van der Waals surface area contributed by atoms with Gasteiger partial charge in [0.1, 0.15) is 11.4 Å². The molecule has 1 aromatic carbocycles. The van der Waals surface area contributed by atoms with Gasteiger partial charge >= 0.3 is 12.3 Å². The van der Waals surface area contributed by atoms with Crippen molar-refractivity contribution in [3.63, 3.8) is 0 Å². The summed E-state index contributed by atoms with van der Waals surface area (Å²) in [5.74, 6) is -0.485. The van der Waals surface area contributed by atoms with Crippen LogP contribution < -0.4 is 5.73 Å². The molecule has 1 aromatic heterocycles. The number of fused-ring (bicyclic) bond motifs is 1. The van der Waals surface area contributed by atoms with Gasteiger partial charge in [0.2, 0.25) is 5.60 Å².